The molecule has 6 aliphatic rings. The fraction of sp³-hybridized carbons (Fsp3) is 0.460. The lowest BCUT2D eigenvalue weighted by atomic mass is 9.91. The molecule has 16 nitrogen and oxygen atoms in total. The van der Waals surface area contributed by atoms with Crippen LogP contribution in [0.5, 0.6) is 5.75 Å². The average Bonchev–Trinajstić information content (AvgIpc) is 4.04. The second-order valence-corrected chi connectivity index (χ2v) is 19.1. The molecular weight excluding hydrogens is 875 g/mol. The minimum atomic E-state index is -2.75. The quantitative estimate of drug-likeness (QED) is 0.171. The van der Waals surface area contributed by atoms with Gasteiger partial charge in [0.25, 0.3) is 18.2 Å². The summed E-state index contributed by atoms with van der Waals surface area (Å²) in [5.74, 6) is -0.302. The Morgan fingerprint density at radius 1 is 0.868 bits per heavy atom. The number of anilines is 3. The molecule has 6 aliphatic heterocycles. The van der Waals surface area contributed by atoms with E-state index in [0.717, 1.165) is 110 Å². The van der Waals surface area contributed by atoms with Gasteiger partial charge in [0.1, 0.15) is 17.4 Å². The summed E-state index contributed by atoms with van der Waals surface area (Å²) in [5, 5.41) is 7.62. The van der Waals surface area contributed by atoms with Crippen molar-refractivity contribution in [3.8, 4) is 16.9 Å². The fourth-order valence-corrected chi connectivity index (χ4v) is 11.6. The number of hydrogen-bond acceptors (Lipinski definition) is 11. The Hall–Kier alpha value is -6.69. The van der Waals surface area contributed by atoms with E-state index < -0.39 is 36.1 Å². The lowest BCUT2D eigenvalue weighted by molar-refractivity contribution is -0.136. The van der Waals surface area contributed by atoms with E-state index in [1.54, 1.807) is 61.3 Å². The van der Waals surface area contributed by atoms with E-state index >= 15 is 8.78 Å². The topological polar surface area (TPSA) is 158 Å². The SMILES string of the molecule is COc1cn2ccnc2cc1-c1cc2c(cc1C(F)F)N(c1nn(C3CCN(CC4CCN(c5ccc6c(c5)C(=O)N(C5CCC(=O)NC5=O)C6=O)CC4)CC3)c3c1CN(C(C)=O)CC3)CCC2. The van der Waals surface area contributed by atoms with Crippen molar-refractivity contribution in [1.82, 2.24) is 39.2 Å². The van der Waals surface area contributed by atoms with Crippen LogP contribution in [0.2, 0.25) is 0 Å². The first-order valence-electron chi connectivity index (χ1n) is 23.9. The number of benzene rings is 2. The van der Waals surface area contributed by atoms with Crippen LogP contribution in [-0.4, -0.2) is 122 Å². The van der Waals surface area contributed by atoms with Crippen molar-refractivity contribution in [2.45, 2.75) is 89.8 Å². The Morgan fingerprint density at radius 2 is 1.66 bits per heavy atom. The van der Waals surface area contributed by atoms with Crippen LogP contribution in [0.15, 0.2) is 55.0 Å². The largest absolute Gasteiger partial charge is 0.495 e. The number of ether oxygens (including phenoxy) is 1. The molecule has 3 saturated heterocycles. The van der Waals surface area contributed by atoms with Gasteiger partial charge in [-0.3, -0.25) is 38.9 Å². The summed E-state index contributed by atoms with van der Waals surface area (Å²) < 4.78 is 40.1. The van der Waals surface area contributed by atoms with E-state index in [9.17, 15) is 24.0 Å². The van der Waals surface area contributed by atoms with Crippen LogP contribution >= 0.6 is 0 Å². The van der Waals surface area contributed by atoms with Crippen LogP contribution in [0.4, 0.5) is 26.0 Å². The number of alkyl halides is 2. The van der Waals surface area contributed by atoms with E-state index in [4.69, 9.17) is 9.84 Å². The lowest BCUT2D eigenvalue weighted by Crippen LogP contribution is -2.54. The maximum Gasteiger partial charge on any atom is 0.264 e. The minimum absolute atomic E-state index is 0.00204. The molecule has 354 valence electrons. The normalized spacial score (nSPS) is 20.6. The molecule has 18 heteroatoms. The first kappa shape index (κ1) is 43.9. The number of pyridine rings is 1. The van der Waals surface area contributed by atoms with Crippen molar-refractivity contribution in [3.63, 3.8) is 0 Å². The molecular formula is C50H54F2N10O6. The monoisotopic (exact) mass is 928 g/mol. The van der Waals surface area contributed by atoms with Gasteiger partial charge in [-0.05, 0) is 98.4 Å². The highest BCUT2D eigenvalue weighted by molar-refractivity contribution is 6.23. The number of fused-ring (bicyclic) bond motifs is 4. The number of nitrogens with zero attached hydrogens (tertiary/aromatic N) is 9. The molecule has 1 N–H and O–H groups in total. The predicted molar refractivity (Wildman–Crippen MR) is 247 cm³/mol. The average molecular weight is 929 g/mol. The molecule has 0 spiro atoms. The zero-order chi connectivity index (χ0) is 47.0. The van der Waals surface area contributed by atoms with Crippen molar-refractivity contribution in [3.05, 3.63) is 88.5 Å². The maximum atomic E-state index is 15.2. The van der Waals surface area contributed by atoms with E-state index in [-0.39, 0.29) is 35.9 Å². The van der Waals surface area contributed by atoms with E-state index in [1.165, 1.54) is 0 Å². The molecule has 3 aromatic heterocycles. The number of carbonyl (C=O) groups excluding carboxylic acids is 5. The second kappa shape index (κ2) is 17.4. The number of likely N-dealkylation sites (tertiary alicyclic amines) is 1. The van der Waals surface area contributed by atoms with Crippen molar-refractivity contribution in [1.29, 1.82) is 0 Å². The van der Waals surface area contributed by atoms with Gasteiger partial charge in [0.05, 0.1) is 37.0 Å². The molecule has 1 unspecified atom stereocenters. The van der Waals surface area contributed by atoms with Gasteiger partial charge in [0, 0.05) is 112 Å². The third kappa shape index (κ3) is 7.65. The fourth-order valence-electron chi connectivity index (χ4n) is 11.6. The Kier molecular flexibility index (Phi) is 11.2. The minimum Gasteiger partial charge on any atom is -0.495 e. The third-order valence-corrected chi connectivity index (χ3v) is 15.2. The number of aromatic nitrogens is 4. The summed E-state index contributed by atoms with van der Waals surface area (Å²) in [6.07, 6.45) is 8.67. The first-order valence-corrected chi connectivity index (χ1v) is 23.9. The van der Waals surface area contributed by atoms with Crippen molar-refractivity contribution in [2.24, 2.45) is 5.92 Å². The standard InChI is InChI=1S/C50H54F2N10O6/c1-29(63)58-20-13-40-39(27-58)47(60-15-3-4-31-22-35(37(46(51)52)24-42(31)60)36-25-44-53-14-21-59(44)28-43(36)68-2)55-62(40)32-11-16-56(17-12-32)26-30-9-18-57(19-10-30)33-5-6-34-38(23-33)50(67)61(49(34)66)41-7-8-45(64)54-48(41)65/h5-6,14,21-25,28,30,32,41,46H,3-4,7-13,15-20,26-27H2,1-2H3,(H,54,64,65). The number of aryl methyl sites for hydroxylation is 1. The molecule has 9 heterocycles. The number of amides is 5. The van der Waals surface area contributed by atoms with Gasteiger partial charge >= 0.3 is 0 Å². The molecule has 3 fully saturated rings. The molecule has 1 atom stereocenters. The molecule has 68 heavy (non-hydrogen) atoms. The van der Waals surface area contributed by atoms with Crippen LogP contribution in [0.3, 0.4) is 0 Å². The molecule has 0 saturated carbocycles. The maximum absolute atomic E-state index is 15.2. The molecule has 0 bridgehead atoms. The van der Waals surface area contributed by atoms with Crippen molar-refractivity contribution < 1.29 is 37.5 Å². The number of rotatable bonds is 9. The van der Waals surface area contributed by atoms with E-state index in [2.05, 4.69) is 29.7 Å². The van der Waals surface area contributed by atoms with Crippen LogP contribution in [0, 0.1) is 5.92 Å². The summed E-state index contributed by atoms with van der Waals surface area (Å²) in [6, 6.07) is 9.82. The third-order valence-electron chi connectivity index (χ3n) is 15.2. The number of carbonyl (C=O) groups is 5. The van der Waals surface area contributed by atoms with Crippen LogP contribution in [0.25, 0.3) is 16.8 Å². The van der Waals surface area contributed by atoms with Crippen molar-refractivity contribution in [2.75, 3.05) is 62.7 Å². The molecule has 2 aromatic carbocycles. The number of imidazole rings is 1. The molecule has 5 amide bonds. The van der Waals surface area contributed by atoms with Crippen molar-refractivity contribution >= 4 is 52.4 Å². The predicted octanol–water partition coefficient (Wildman–Crippen LogP) is 6.09. The van der Waals surface area contributed by atoms with Gasteiger partial charge in [-0.1, -0.05) is 0 Å². The van der Waals surface area contributed by atoms with Crippen LogP contribution in [0.1, 0.15) is 107 Å². The number of methoxy groups -OCH3 is 1. The summed E-state index contributed by atoms with van der Waals surface area (Å²) in [6.45, 7) is 7.67. The highest BCUT2D eigenvalue weighted by atomic mass is 19.3. The van der Waals surface area contributed by atoms with E-state index in [0.29, 0.717) is 60.1 Å². The van der Waals surface area contributed by atoms with Gasteiger partial charge in [-0.2, -0.15) is 5.10 Å². The smallest absolute Gasteiger partial charge is 0.264 e. The van der Waals surface area contributed by atoms with Crippen LogP contribution in [-0.2, 0) is 33.8 Å². The summed E-state index contributed by atoms with van der Waals surface area (Å²) in [4.78, 5) is 77.9. The van der Waals surface area contributed by atoms with Gasteiger partial charge < -0.3 is 28.7 Å². The van der Waals surface area contributed by atoms with Crippen LogP contribution < -0.4 is 19.9 Å². The number of piperidine rings is 3. The molecule has 5 aromatic rings. The Morgan fingerprint density at radius 3 is 2.41 bits per heavy atom. The Balaban J connectivity index is 0.777. The summed E-state index contributed by atoms with van der Waals surface area (Å²) in [7, 11) is 1.54. The molecule has 0 radical (unpaired) electrons. The highest BCUT2D eigenvalue weighted by Crippen LogP contribution is 2.46. The van der Waals surface area contributed by atoms with Gasteiger partial charge in [-0.25, -0.2) is 13.8 Å². The van der Waals surface area contributed by atoms with Gasteiger partial charge in [0.15, 0.2) is 5.82 Å². The number of nitrogens with one attached hydrogen (secondary N) is 1. The zero-order valence-corrected chi connectivity index (χ0v) is 38.3. The number of hydrogen-bond donors (Lipinski definition) is 1. The summed E-state index contributed by atoms with van der Waals surface area (Å²) >= 11 is 0. The molecule has 11 rings (SSSR count). The first-order chi connectivity index (χ1) is 32.9. The second-order valence-electron chi connectivity index (χ2n) is 19.1. The number of imide groups is 2. The Bertz CT molecular complexity index is 2880. The highest BCUT2D eigenvalue weighted by Gasteiger charge is 2.45. The molecule has 0 aliphatic carbocycles. The zero-order valence-electron chi connectivity index (χ0n) is 38.3. The number of halogens is 2. The van der Waals surface area contributed by atoms with Gasteiger partial charge in [-0.15, -0.1) is 0 Å². The summed E-state index contributed by atoms with van der Waals surface area (Å²) in [5.41, 5.74) is 6.79. The van der Waals surface area contributed by atoms with Gasteiger partial charge in [0.2, 0.25) is 17.7 Å². The van der Waals surface area contributed by atoms with E-state index in [1.807, 2.05) is 17.0 Å². The Labute approximate surface area is 391 Å². The lowest BCUT2D eigenvalue weighted by Gasteiger charge is -2.39.